The van der Waals surface area contributed by atoms with Crippen molar-refractivity contribution in [2.24, 2.45) is 0 Å². The second-order valence-corrected chi connectivity index (χ2v) is 9.46. The Hall–Kier alpha value is -2.97. The van der Waals surface area contributed by atoms with Crippen molar-refractivity contribution in [2.45, 2.75) is 52.2 Å². The number of rotatable bonds is 5. The van der Waals surface area contributed by atoms with Gasteiger partial charge in [-0.05, 0) is 52.7 Å². The van der Waals surface area contributed by atoms with Crippen LogP contribution in [0.3, 0.4) is 0 Å². The zero-order chi connectivity index (χ0) is 23.6. The zero-order valence-electron chi connectivity index (χ0n) is 19.8. The largest absolute Gasteiger partial charge is 0.479 e. The predicted molar refractivity (Wildman–Crippen MR) is 130 cm³/mol. The zero-order valence-corrected chi connectivity index (χ0v) is 19.8. The number of carboxylic acid groups (broad SMARTS) is 1. The van der Waals surface area contributed by atoms with Crippen molar-refractivity contribution in [2.75, 3.05) is 31.1 Å². The maximum absolute atomic E-state index is 12.4. The first-order valence-corrected chi connectivity index (χ1v) is 11.5. The van der Waals surface area contributed by atoms with E-state index in [1.807, 2.05) is 52.0 Å². The number of aromatic nitrogens is 3. The molecule has 33 heavy (non-hydrogen) atoms. The Morgan fingerprint density at radius 2 is 2.06 bits per heavy atom. The molecular weight excluding hydrogens is 418 g/mol. The van der Waals surface area contributed by atoms with Crippen LogP contribution in [0.15, 0.2) is 36.4 Å². The first-order chi connectivity index (χ1) is 15.7. The van der Waals surface area contributed by atoms with Crippen LogP contribution < -0.4 is 10.2 Å². The first-order valence-electron chi connectivity index (χ1n) is 11.5. The molecule has 3 heterocycles. The molecule has 1 saturated heterocycles. The third-order valence-electron chi connectivity index (χ3n) is 5.69. The summed E-state index contributed by atoms with van der Waals surface area (Å²) >= 11 is 0. The van der Waals surface area contributed by atoms with Crippen molar-refractivity contribution in [1.29, 1.82) is 0 Å². The standard InChI is InChI=1S/C25H33N5O3/c1-17-21(22(24(31)32)33-25(2,3)4)23(29-14-9-12-26-13-15-29)30-20(27-17)16-19(28-30)18-10-7-5-6-8-11-18/h5-7,10-11,16,22,26H,8-9,12-15H2,1-4H3,(H,31,32). The van der Waals surface area contributed by atoms with Gasteiger partial charge in [-0.25, -0.2) is 9.78 Å². The highest BCUT2D eigenvalue weighted by Crippen LogP contribution is 2.35. The van der Waals surface area contributed by atoms with Crippen LogP contribution in [0, 0.1) is 6.92 Å². The minimum atomic E-state index is -1.15. The fourth-order valence-electron chi connectivity index (χ4n) is 4.28. The van der Waals surface area contributed by atoms with Crippen LogP contribution in [0.1, 0.15) is 56.7 Å². The number of allylic oxidation sites excluding steroid dienone is 6. The maximum Gasteiger partial charge on any atom is 0.337 e. The highest BCUT2D eigenvalue weighted by atomic mass is 16.5. The van der Waals surface area contributed by atoms with E-state index in [2.05, 4.69) is 22.4 Å². The number of ether oxygens (including phenoxy) is 1. The van der Waals surface area contributed by atoms with E-state index >= 15 is 0 Å². The number of aliphatic carboxylic acids is 1. The van der Waals surface area contributed by atoms with Gasteiger partial charge in [0.05, 0.1) is 16.9 Å². The predicted octanol–water partition coefficient (Wildman–Crippen LogP) is 3.68. The van der Waals surface area contributed by atoms with E-state index in [1.165, 1.54) is 0 Å². The Balaban J connectivity index is 1.93. The molecule has 1 atom stereocenters. The average Bonchev–Trinajstić information content (AvgIpc) is 2.95. The molecule has 0 aromatic carbocycles. The Kier molecular flexibility index (Phi) is 6.67. The second-order valence-electron chi connectivity index (χ2n) is 9.46. The summed E-state index contributed by atoms with van der Waals surface area (Å²) in [5, 5.41) is 18.5. The number of carboxylic acids is 1. The molecule has 1 aliphatic heterocycles. The van der Waals surface area contributed by atoms with E-state index in [0.717, 1.165) is 56.1 Å². The fourth-order valence-corrected chi connectivity index (χ4v) is 4.28. The van der Waals surface area contributed by atoms with Crippen molar-refractivity contribution in [3.05, 3.63) is 53.4 Å². The normalized spacial score (nSPS) is 18.2. The molecule has 0 saturated carbocycles. The number of nitrogens with one attached hydrogen (secondary N) is 1. The molecule has 4 rings (SSSR count). The van der Waals surface area contributed by atoms with Gasteiger partial charge in [0, 0.05) is 31.4 Å². The van der Waals surface area contributed by atoms with Gasteiger partial charge in [-0.1, -0.05) is 30.4 Å². The minimum Gasteiger partial charge on any atom is -0.479 e. The van der Waals surface area contributed by atoms with Gasteiger partial charge in [-0.15, -0.1) is 0 Å². The highest BCUT2D eigenvalue weighted by Gasteiger charge is 2.34. The number of hydrogen-bond acceptors (Lipinski definition) is 6. The smallest absolute Gasteiger partial charge is 0.337 e. The third-order valence-corrected chi connectivity index (χ3v) is 5.69. The van der Waals surface area contributed by atoms with Crippen LogP contribution in [-0.4, -0.2) is 57.5 Å². The number of carbonyl (C=O) groups is 1. The lowest BCUT2D eigenvalue weighted by Gasteiger charge is -2.31. The molecule has 0 spiro atoms. The summed E-state index contributed by atoms with van der Waals surface area (Å²) in [6.45, 7) is 10.7. The van der Waals surface area contributed by atoms with Crippen LogP contribution in [0.5, 0.6) is 0 Å². The minimum absolute atomic E-state index is 0.563. The first kappa shape index (κ1) is 23.2. The average molecular weight is 452 g/mol. The Morgan fingerprint density at radius 3 is 2.82 bits per heavy atom. The summed E-state index contributed by atoms with van der Waals surface area (Å²) in [5.74, 6) is -0.281. The molecule has 0 radical (unpaired) electrons. The van der Waals surface area contributed by atoms with Gasteiger partial charge in [-0.3, -0.25) is 0 Å². The number of nitrogens with zero attached hydrogens (tertiary/aromatic N) is 4. The molecule has 8 nitrogen and oxygen atoms in total. The Morgan fingerprint density at radius 1 is 1.24 bits per heavy atom. The summed E-state index contributed by atoms with van der Waals surface area (Å²) in [7, 11) is 0. The molecule has 0 bridgehead atoms. The van der Waals surface area contributed by atoms with Crippen LogP contribution in [0.4, 0.5) is 5.82 Å². The second kappa shape index (κ2) is 9.49. The van der Waals surface area contributed by atoms with Crippen molar-refractivity contribution in [1.82, 2.24) is 19.9 Å². The molecule has 1 fully saturated rings. The van der Waals surface area contributed by atoms with Crippen LogP contribution >= 0.6 is 0 Å². The molecule has 2 aromatic heterocycles. The lowest BCUT2D eigenvalue weighted by atomic mass is 10.1. The van der Waals surface area contributed by atoms with Gasteiger partial charge in [-0.2, -0.15) is 9.61 Å². The molecule has 2 aromatic rings. The van der Waals surface area contributed by atoms with Crippen molar-refractivity contribution in [3.63, 3.8) is 0 Å². The number of aryl methyl sites for hydroxylation is 1. The Bertz CT molecular complexity index is 1120. The molecular formula is C25H33N5O3. The lowest BCUT2D eigenvalue weighted by Crippen LogP contribution is -2.34. The van der Waals surface area contributed by atoms with Crippen LogP contribution in [0.25, 0.3) is 11.2 Å². The topological polar surface area (TPSA) is 92.0 Å². The molecule has 8 heteroatoms. The Labute approximate surface area is 194 Å². The summed E-state index contributed by atoms with van der Waals surface area (Å²) in [5.41, 5.74) is 3.11. The van der Waals surface area contributed by atoms with E-state index in [1.54, 1.807) is 4.52 Å². The molecule has 1 unspecified atom stereocenters. The quantitative estimate of drug-likeness (QED) is 0.716. The van der Waals surface area contributed by atoms with E-state index in [0.29, 0.717) is 16.9 Å². The maximum atomic E-state index is 12.4. The van der Waals surface area contributed by atoms with E-state index in [9.17, 15) is 9.90 Å². The number of hydrogen-bond donors (Lipinski definition) is 2. The van der Waals surface area contributed by atoms with Crippen molar-refractivity contribution >= 4 is 23.0 Å². The molecule has 0 amide bonds. The van der Waals surface area contributed by atoms with Gasteiger partial charge in [0.15, 0.2) is 11.8 Å². The number of fused-ring (bicyclic) bond motifs is 1. The van der Waals surface area contributed by atoms with Gasteiger partial charge >= 0.3 is 5.97 Å². The van der Waals surface area contributed by atoms with Crippen molar-refractivity contribution < 1.29 is 14.6 Å². The SMILES string of the molecule is Cc1nc2cc(C3=CCC=CC=C3)nn2c(N2CCCNCC2)c1C(OC(C)(C)C)C(=O)O. The van der Waals surface area contributed by atoms with Gasteiger partial charge in [0.1, 0.15) is 5.82 Å². The summed E-state index contributed by atoms with van der Waals surface area (Å²) in [6, 6.07) is 1.97. The third kappa shape index (κ3) is 5.17. The van der Waals surface area contributed by atoms with Gasteiger partial charge in [0.2, 0.25) is 0 Å². The van der Waals surface area contributed by atoms with E-state index in [-0.39, 0.29) is 0 Å². The molecule has 2 aliphatic rings. The van der Waals surface area contributed by atoms with E-state index < -0.39 is 17.7 Å². The van der Waals surface area contributed by atoms with Gasteiger partial charge < -0.3 is 20.1 Å². The summed E-state index contributed by atoms with van der Waals surface area (Å²) in [4.78, 5) is 19.4. The summed E-state index contributed by atoms with van der Waals surface area (Å²) < 4.78 is 7.87. The van der Waals surface area contributed by atoms with E-state index in [4.69, 9.17) is 14.8 Å². The van der Waals surface area contributed by atoms with Crippen LogP contribution in [0.2, 0.25) is 0 Å². The van der Waals surface area contributed by atoms with Crippen molar-refractivity contribution in [3.8, 4) is 0 Å². The molecule has 2 N–H and O–H groups in total. The van der Waals surface area contributed by atoms with Gasteiger partial charge in [0.25, 0.3) is 0 Å². The molecule has 1 aliphatic carbocycles. The monoisotopic (exact) mass is 451 g/mol. The molecule has 176 valence electrons. The number of anilines is 1. The highest BCUT2D eigenvalue weighted by molar-refractivity contribution is 5.79. The van der Waals surface area contributed by atoms with Crippen LogP contribution in [-0.2, 0) is 9.53 Å². The fraction of sp³-hybridized carbons (Fsp3) is 0.480. The lowest BCUT2D eigenvalue weighted by molar-refractivity contribution is -0.160. The summed E-state index contributed by atoms with van der Waals surface area (Å²) in [6.07, 6.45) is 10.9.